The van der Waals surface area contributed by atoms with Gasteiger partial charge in [0.25, 0.3) is 0 Å². The molecule has 0 saturated carbocycles. The topological polar surface area (TPSA) is 69.0 Å². The fourth-order valence-electron chi connectivity index (χ4n) is 3.89. The number of aryl methyl sites for hydroxylation is 3. The highest BCUT2D eigenvalue weighted by atomic mass is 16.5. The van der Waals surface area contributed by atoms with E-state index in [9.17, 15) is 9.59 Å². The van der Waals surface area contributed by atoms with Crippen molar-refractivity contribution in [3.05, 3.63) is 74.6 Å². The number of esters is 1. The largest absolute Gasteiger partial charge is 0.477 e. The highest BCUT2D eigenvalue weighted by molar-refractivity contribution is 5.86. The van der Waals surface area contributed by atoms with E-state index in [4.69, 9.17) is 13.9 Å². The second-order valence-corrected chi connectivity index (χ2v) is 7.79. The molecule has 1 aromatic heterocycles. The molecule has 0 radical (unpaired) electrons. The minimum absolute atomic E-state index is 0.265. The van der Waals surface area contributed by atoms with Crippen LogP contribution in [0.4, 0.5) is 0 Å². The first kappa shape index (κ1) is 20.2. The van der Waals surface area contributed by atoms with E-state index in [0.29, 0.717) is 31.0 Å². The molecule has 0 aliphatic carbocycles. The molecule has 4 rings (SSSR count). The molecule has 0 saturated heterocycles. The van der Waals surface area contributed by atoms with Crippen LogP contribution < -0.4 is 10.4 Å². The second kappa shape index (κ2) is 8.32. The summed E-state index contributed by atoms with van der Waals surface area (Å²) in [5, 5.41) is 0.869. The summed E-state index contributed by atoms with van der Waals surface area (Å²) in [7, 11) is 1.39. The standard InChI is InChI=1S/C24H25NO5/c1-15-4-6-17(7-5-15)12-25-13-20-23(29-14-25)18(8-9-21(26)28-3)11-19-16(2)10-22(27)30-24(19)20/h4-7,10-11H,8-9,12-14H2,1-3H3. The van der Waals surface area contributed by atoms with Gasteiger partial charge in [-0.25, -0.2) is 4.79 Å². The van der Waals surface area contributed by atoms with Crippen LogP contribution in [-0.2, 0) is 29.0 Å². The lowest BCUT2D eigenvalue weighted by atomic mass is 9.97. The van der Waals surface area contributed by atoms with Gasteiger partial charge in [0.15, 0.2) is 0 Å². The van der Waals surface area contributed by atoms with Crippen molar-refractivity contribution < 1.29 is 18.7 Å². The maximum absolute atomic E-state index is 12.1. The van der Waals surface area contributed by atoms with Gasteiger partial charge in [-0.1, -0.05) is 29.8 Å². The average molecular weight is 407 g/mol. The Morgan fingerprint density at radius 2 is 1.93 bits per heavy atom. The van der Waals surface area contributed by atoms with Gasteiger partial charge in [-0.15, -0.1) is 0 Å². The molecule has 0 N–H and O–H groups in total. The van der Waals surface area contributed by atoms with Crippen LogP contribution in [0, 0.1) is 13.8 Å². The molecule has 2 aromatic carbocycles. The van der Waals surface area contributed by atoms with Crippen molar-refractivity contribution in [2.45, 2.75) is 39.8 Å². The van der Waals surface area contributed by atoms with E-state index in [2.05, 4.69) is 36.1 Å². The highest BCUT2D eigenvalue weighted by Gasteiger charge is 2.25. The first-order chi connectivity index (χ1) is 14.4. The summed E-state index contributed by atoms with van der Waals surface area (Å²) >= 11 is 0. The van der Waals surface area contributed by atoms with Gasteiger partial charge in [-0.05, 0) is 43.0 Å². The van der Waals surface area contributed by atoms with Gasteiger partial charge < -0.3 is 13.9 Å². The number of fused-ring (bicyclic) bond motifs is 3. The van der Waals surface area contributed by atoms with Crippen LogP contribution in [0.3, 0.4) is 0 Å². The van der Waals surface area contributed by atoms with Crippen LogP contribution in [0.25, 0.3) is 11.0 Å². The predicted molar refractivity (Wildman–Crippen MR) is 113 cm³/mol. The molecular weight excluding hydrogens is 382 g/mol. The summed E-state index contributed by atoms with van der Waals surface area (Å²) < 4.78 is 16.5. The number of carbonyl (C=O) groups is 1. The Hall–Kier alpha value is -3.12. The zero-order valence-electron chi connectivity index (χ0n) is 17.5. The minimum Gasteiger partial charge on any atom is -0.477 e. The molecule has 0 atom stereocenters. The highest BCUT2D eigenvalue weighted by Crippen LogP contribution is 2.37. The molecule has 0 fully saturated rings. The van der Waals surface area contributed by atoms with Crippen molar-refractivity contribution >= 4 is 16.9 Å². The first-order valence-electron chi connectivity index (χ1n) is 10.0. The number of carbonyl (C=O) groups excluding carboxylic acids is 1. The molecule has 0 bridgehead atoms. The van der Waals surface area contributed by atoms with E-state index in [0.717, 1.165) is 28.6 Å². The van der Waals surface area contributed by atoms with Gasteiger partial charge >= 0.3 is 11.6 Å². The molecular formula is C24H25NO5. The van der Waals surface area contributed by atoms with Gasteiger partial charge in [0.1, 0.15) is 18.1 Å². The Balaban J connectivity index is 1.72. The smallest absolute Gasteiger partial charge is 0.336 e. The first-order valence-corrected chi connectivity index (χ1v) is 10.0. The zero-order chi connectivity index (χ0) is 21.3. The van der Waals surface area contributed by atoms with Crippen molar-refractivity contribution in [3.63, 3.8) is 0 Å². The van der Waals surface area contributed by atoms with Crippen LogP contribution in [0.5, 0.6) is 5.75 Å². The van der Waals surface area contributed by atoms with Crippen molar-refractivity contribution in [2.75, 3.05) is 13.8 Å². The van der Waals surface area contributed by atoms with E-state index >= 15 is 0 Å². The zero-order valence-corrected chi connectivity index (χ0v) is 17.5. The predicted octanol–water partition coefficient (Wildman–Crippen LogP) is 3.87. The molecule has 3 aromatic rings. The van der Waals surface area contributed by atoms with Crippen LogP contribution in [0.2, 0.25) is 0 Å². The van der Waals surface area contributed by atoms with E-state index in [1.54, 1.807) is 0 Å². The van der Waals surface area contributed by atoms with Gasteiger partial charge in [-0.3, -0.25) is 9.69 Å². The molecule has 1 aliphatic rings. The molecule has 0 unspecified atom stereocenters. The van der Waals surface area contributed by atoms with Gasteiger partial charge in [0.2, 0.25) is 0 Å². The number of hydrogen-bond acceptors (Lipinski definition) is 6. The molecule has 6 nitrogen and oxygen atoms in total. The Morgan fingerprint density at radius 1 is 1.17 bits per heavy atom. The third-order valence-corrected chi connectivity index (χ3v) is 5.49. The number of hydrogen-bond donors (Lipinski definition) is 0. The summed E-state index contributed by atoms with van der Waals surface area (Å²) in [6.45, 7) is 5.70. The van der Waals surface area contributed by atoms with Crippen LogP contribution >= 0.6 is 0 Å². The normalized spacial score (nSPS) is 13.7. The van der Waals surface area contributed by atoms with E-state index in [1.807, 2.05) is 13.0 Å². The Kier molecular flexibility index (Phi) is 5.59. The average Bonchev–Trinajstić information content (AvgIpc) is 2.73. The van der Waals surface area contributed by atoms with Gasteiger partial charge in [0.05, 0.1) is 12.7 Å². The summed E-state index contributed by atoms with van der Waals surface area (Å²) in [6, 6.07) is 11.9. The number of nitrogens with zero attached hydrogens (tertiary/aromatic N) is 1. The maximum Gasteiger partial charge on any atom is 0.336 e. The van der Waals surface area contributed by atoms with E-state index in [-0.39, 0.29) is 18.0 Å². The van der Waals surface area contributed by atoms with Crippen molar-refractivity contribution in [1.29, 1.82) is 0 Å². The monoisotopic (exact) mass is 407 g/mol. The Morgan fingerprint density at radius 3 is 2.67 bits per heavy atom. The van der Waals surface area contributed by atoms with Gasteiger partial charge in [-0.2, -0.15) is 0 Å². The number of methoxy groups -OCH3 is 1. The summed E-state index contributed by atoms with van der Waals surface area (Å²) in [4.78, 5) is 25.9. The maximum atomic E-state index is 12.1. The fraction of sp³-hybridized carbons (Fsp3) is 0.333. The van der Waals surface area contributed by atoms with Crippen LogP contribution in [-0.4, -0.2) is 24.7 Å². The lowest BCUT2D eigenvalue weighted by Crippen LogP contribution is -2.32. The fourth-order valence-corrected chi connectivity index (χ4v) is 3.89. The molecule has 6 heteroatoms. The molecule has 30 heavy (non-hydrogen) atoms. The Bertz CT molecular complexity index is 1150. The third-order valence-electron chi connectivity index (χ3n) is 5.49. The quantitative estimate of drug-likeness (QED) is 0.472. The van der Waals surface area contributed by atoms with E-state index in [1.165, 1.54) is 24.3 Å². The summed E-state index contributed by atoms with van der Waals surface area (Å²) in [5.41, 5.74) is 5.22. The second-order valence-electron chi connectivity index (χ2n) is 7.79. The molecule has 2 heterocycles. The lowest BCUT2D eigenvalue weighted by molar-refractivity contribution is -0.140. The number of benzene rings is 2. The Labute approximate surface area is 175 Å². The number of ether oxygens (including phenoxy) is 2. The van der Waals surface area contributed by atoms with Gasteiger partial charge in [0, 0.05) is 31.0 Å². The summed E-state index contributed by atoms with van der Waals surface area (Å²) in [5.74, 6) is 0.442. The minimum atomic E-state index is -0.375. The molecule has 1 aliphatic heterocycles. The molecule has 156 valence electrons. The van der Waals surface area contributed by atoms with E-state index < -0.39 is 0 Å². The third kappa shape index (κ3) is 4.09. The van der Waals surface area contributed by atoms with Crippen LogP contribution in [0.15, 0.2) is 45.6 Å². The lowest BCUT2D eigenvalue weighted by Gasteiger charge is -2.31. The molecule has 0 spiro atoms. The van der Waals surface area contributed by atoms with Crippen molar-refractivity contribution in [2.24, 2.45) is 0 Å². The van der Waals surface area contributed by atoms with Crippen molar-refractivity contribution in [1.82, 2.24) is 4.90 Å². The number of rotatable bonds is 5. The SMILES string of the molecule is COC(=O)CCc1cc2c(C)cc(=O)oc2c2c1OCN(Cc1ccc(C)cc1)C2. The molecule has 0 amide bonds. The summed E-state index contributed by atoms with van der Waals surface area (Å²) in [6.07, 6.45) is 0.766. The van der Waals surface area contributed by atoms with Crippen LogP contribution in [0.1, 0.15) is 34.2 Å². The van der Waals surface area contributed by atoms with Crippen molar-refractivity contribution in [3.8, 4) is 5.75 Å².